The summed E-state index contributed by atoms with van der Waals surface area (Å²) in [6.45, 7) is 0.710. The van der Waals surface area contributed by atoms with E-state index in [0.29, 0.717) is 12.3 Å². The topological polar surface area (TPSA) is 25.2 Å². The lowest BCUT2D eigenvalue weighted by Crippen LogP contribution is -1.99. The highest BCUT2D eigenvalue weighted by Gasteiger charge is 2.12. The van der Waals surface area contributed by atoms with E-state index in [1.54, 1.807) is 6.07 Å². The Hall–Kier alpha value is -1.78. The summed E-state index contributed by atoms with van der Waals surface area (Å²) in [5.74, 6) is 0.297. The number of rotatable bonds is 2. The molecule has 4 aromatic rings. The van der Waals surface area contributed by atoms with Crippen molar-refractivity contribution in [3.63, 3.8) is 0 Å². The molecule has 0 bridgehead atoms. The highest BCUT2D eigenvalue weighted by Crippen LogP contribution is 2.33. The van der Waals surface area contributed by atoms with E-state index in [1.807, 2.05) is 18.2 Å². The maximum atomic E-state index is 9.73. The zero-order valence-electron chi connectivity index (χ0n) is 12.1. The van der Waals surface area contributed by atoms with Crippen molar-refractivity contribution in [3.05, 3.63) is 75.2 Å². The fourth-order valence-electron chi connectivity index (χ4n) is 3.05. The highest BCUT2D eigenvalue weighted by atomic mass is 79.9. The molecule has 0 amide bonds. The van der Waals surface area contributed by atoms with Gasteiger partial charge in [0.1, 0.15) is 5.75 Å². The van der Waals surface area contributed by atoms with E-state index < -0.39 is 0 Å². The van der Waals surface area contributed by atoms with E-state index >= 15 is 0 Å². The lowest BCUT2D eigenvalue weighted by atomic mass is 10.2. The number of nitrogens with zero attached hydrogens (tertiary/aromatic N) is 1. The molecule has 0 spiro atoms. The van der Waals surface area contributed by atoms with Crippen LogP contribution in [-0.4, -0.2) is 9.67 Å². The SMILES string of the molecule is Oc1cccc(Cn2c3cc(Br)ccc3c3ccc(Br)cc32)c1. The molecule has 0 aliphatic carbocycles. The quantitative estimate of drug-likeness (QED) is 0.410. The average molecular weight is 431 g/mol. The largest absolute Gasteiger partial charge is 0.508 e. The fourth-order valence-corrected chi connectivity index (χ4v) is 3.75. The molecule has 0 fully saturated rings. The van der Waals surface area contributed by atoms with E-state index in [9.17, 15) is 5.11 Å². The first-order valence-electron chi connectivity index (χ1n) is 7.27. The van der Waals surface area contributed by atoms with Crippen molar-refractivity contribution < 1.29 is 5.11 Å². The summed E-state index contributed by atoms with van der Waals surface area (Å²) >= 11 is 7.15. The van der Waals surface area contributed by atoms with E-state index in [0.717, 1.165) is 14.5 Å². The Morgan fingerprint density at radius 2 is 1.39 bits per heavy atom. The lowest BCUT2D eigenvalue weighted by molar-refractivity contribution is 0.474. The summed E-state index contributed by atoms with van der Waals surface area (Å²) in [5.41, 5.74) is 3.43. The van der Waals surface area contributed by atoms with Gasteiger partial charge in [-0.1, -0.05) is 56.1 Å². The Morgan fingerprint density at radius 1 is 0.783 bits per heavy atom. The van der Waals surface area contributed by atoms with Gasteiger partial charge in [-0.05, 0) is 42.0 Å². The van der Waals surface area contributed by atoms with Gasteiger partial charge in [0.05, 0.1) is 11.0 Å². The van der Waals surface area contributed by atoms with Crippen molar-refractivity contribution in [2.75, 3.05) is 0 Å². The average Bonchev–Trinajstić information content (AvgIpc) is 2.80. The molecule has 23 heavy (non-hydrogen) atoms. The summed E-state index contributed by atoms with van der Waals surface area (Å²) in [4.78, 5) is 0. The molecule has 1 N–H and O–H groups in total. The number of phenols is 1. The second-order valence-corrected chi connectivity index (χ2v) is 7.41. The van der Waals surface area contributed by atoms with E-state index in [4.69, 9.17) is 0 Å². The predicted octanol–water partition coefficient (Wildman–Crippen LogP) is 6.07. The molecule has 2 nitrogen and oxygen atoms in total. The van der Waals surface area contributed by atoms with Gasteiger partial charge in [0.2, 0.25) is 0 Å². The highest BCUT2D eigenvalue weighted by molar-refractivity contribution is 9.10. The monoisotopic (exact) mass is 429 g/mol. The Balaban J connectivity index is 2.01. The maximum absolute atomic E-state index is 9.73. The van der Waals surface area contributed by atoms with Gasteiger partial charge in [-0.3, -0.25) is 0 Å². The molecule has 0 saturated heterocycles. The summed E-state index contributed by atoms with van der Waals surface area (Å²) in [6.07, 6.45) is 0. The van der Waals surface area contributed by atoms with E-state index in [-0.39, 0.29) is 0 Å². The minimum atomic E-state index is 0.297. The van der Waals surface area contributed by atoms with Gasteiger partial charge in [-0.15, -0.1) is 0 Å². The number of benzene rings is 3. The third-order valence-corrected chi connectivity index (χ3v) is 5.03. The van der Waals surface area contributed by atoms with Crippen molar-refractivity contribution in [1.29, 1.82) is 0 Å². The predicted molar refractivity (Wildman–Crippen MR) is 102 cm³/mol. The minimum absolute atomic E-state index is 0.297. The minimum Gasteiger partial charge on any atom is -0.508 e. The number of aromatic hydroxyl groups is 1. The Morgan fingerprint density at radius 3 is 1.96 bits per heavy atom. The first-order chi connectivity index (χ1) is 11.1. The van der Waals surface area contributed by atoms with Crippen LogP contribution in [0.5, 0.6) is 5.75 Å². The smallest absolute Gasteiger partial charge is 0.115 e. The van der Waals surface area contributed by atoms with Crippen LogP contribution in [0.1, 0.15) is 5.56 Å². The first-order valence-corrected chi connectivity index (χ1v) is 8.85. The third-order valence-electron chi connectivity index (χ3n) is 4.04. The van der Waals surface area contributed by atoms with Crippen molar-refractivity contribution in [2.24, 2.45) is 0 Å². The molecule has 3 aromatic carbocycles. The molecule has 0 saturated carbocycles. The summed E-state index contributed by atoms with van der Waals surface area (Å²) in [7, 11) is 0. The molecule has 0 aliphatic rings. The van der Waals surface area contributed by atoms with Gasteiger partial charge in [-0.25, -0.2) is 0 Å². The Labute approximate surface area is 150 Å². The van der Waals surface area contributed by atoms with Crippen LogP contribution >= 0.6 is 31.9 Å². The van der Waals surface area contributed by atoms with Gasteiger partial charge in [0, 0.05) is 26.3 Å². The van der Waals surface area contributed by atoms with Crippen LogP contribution in [0.4, 0.5) is 0 Å². The molecule has 0 aliphatic heterocycles. The number of fused-ring (bicyclic) bond motifs is 3. The molecule has 1 heterocycles. The van der Waals surface area contributed by atoms with Crippen LogP contribution in [0, 0.1) is 0 Å². The molecule has 0 radical (unpaired) electrons. The number of hydrogen-bond acceptors (Lipinski definition) is 1. The van der Waals surface area contributed by atoms with Crippen LogP contribution in [0.15, 0.2) is 69.6 Å². The molecule has 4 rings (SSSR count). The second kappa shape index (κ2) is 5.69. The van der Waals surface area contributed by atoms with Gasteiger partial charge in [-0.2, -0.15) is 0 Å². The molecule has 4 heteroatoms. The van der Waals surface area contributed by atoms with E-state index in [2.05, 4.69) is 72.8 Å². The number of aromatic nitrogens is 1. The molecule has 114 valence electrons. The molecule has 1 aromatic heterocycles. The van der Waals surface area contributed by atoms with Crippen LogP contribution in [0.2, 0.25) is 0 Å². The Kier molecular flexibility index (Phi) is 3.66. The van der Waals surface area contributed by atoms with Crippen LogP contribution < -0.4 is 0 Å². The fraction of sp³-hybridized carbons (Fsp3) is 0.0526. The Bertz CT molecular complexity index is 977. The van der Waals surface area contributed by atoms with Crippen molar-refractivity contribution in [2.45, 2.75) is 6.54 Å². The van der Waals surface area contributed by atoms with Crippen LogP contribution in [-0.2, 0) is 6.54 Å². The lowest BCUT2D eigenvalue weighted by Gasteiger charge is -2.08. The molecule has 0 unspecified atom stereocenters. The molecule has 0 atom stereocenters. The van der Waals surface area contributed by atoms with Gasteiger partial charge < -0.3 is 9.67 Å². The standard InChI is InChI=1S/C19H13Br2NO/c20-13-4-6-16-17-7-5-14(21)10-19(17)22(18(16)9-13)11-12-2-1-3-15(23)8-12/h1-10,23H,11H2. The number of hydrogen-bond donors (Lipinski definition) is 1. The van der Waals surface area contributed by atoms with Crippen molar-refractivity contribution >= 4 is 53.7 Å². The number of halogens is 2. The summed E-state index contributed by atoms with van der Waals surface area (Å²) in [6, 6.07) is 20.2. The van der Waals surface area contributed by atoms with Gasteiger partial charge in [0.15, 0.2) is 0 Å². The van der Waals surface area contributed by atoms with E-state index in [1.165, 1.54) is 21.8 Å². The summed E-state index contributed by atoms with van der Waals surface area (Å²) < 4.78 is 4.41. The molecular weight excluding hydrogens is 418 g/mol. The van der Waals surface area contributed by atoms with Crippen molar-refractivity contribution in [1.82, 2.24) is 4.57 Å². The summed E-state index contributed by atoms with van der Waals surface area (Å²) in [5, 5.41) is 12.2. The van der Waals surface area contributed by atoms with Crippen LogP contribution in [0.25, 0.3) is 21.8 Å². The van der Waals surface area contributed by atoms with Gasteiger partial charge in [0.25, 0.3) is 0 Å². The molecular formula is C19H13Br2NO. The second-order valence-electron chi connectivity index (χ2n) is 5.58. The first kappa shape index (κ1) is 14.8. The maximum Gasteiger partial charge on any atom is 0.115 e. The normalized spacial score (nSPS) is 11.4. The number of phenolic OH excluding ortho intramolecular Hbond substituents is 1. The van der Waals surface area contributed by atoms with Crippen molar-refractivity contribution in [3.8, 4) is 5.75 Å². The zero-order valence-corrected chi connectivity index (χ0v) is 15.3. The van der Waals surface area contributed by atoms with Gasteiger partial charge >= 0.3 is 0 Å². The zero-order chi connectivity index (χ0) is 16.0. The van der Waals surface area contributed by atoms with Crippen LogP contribution in [0.3, 0.4) is 0 Å². The third kappa shape index (κ3) is 2.66.